The molecule has 0 bridgehead atoms. The number of hydrogen-bond acceptors (Lipinski definition) is 4. The number of aliphatic imine (C=N–C) groups is 1. The van der Waals surface area contributed by atoms with Crippen molar-refractivity contribution in [2.45, 2.75) is 44.6 Å². The maximum atomic E-state index is 5.84. The molecule has 6 nitrogen and oxygen atoms in total. The molecule has 2 saturated heterocycles. The summed E-state index contributed by atoms with van der Waals surface area (Å²) in [5.41, 5.74) is 0. The van der Waals surface area contributed by atoms with Gasteiger partial charge in [-0.3, -0.25) is 4.99 Å². The summed E-state index contributed by atoms with van der Waals surface area (Å²) in [6, 6.07) is 3.95. The zero-order chi connectivity index (χ0) is 18.0. The Kier molecular flexibility index (Phi) is 7.83. The Bertz CT molecular complexity index is 520. The number of hydrogen-bond donors (Lipinski definition) is 1. The Morgan fingerprint density at radius 3 is 2.85 bits per heavy atom. The van der Waals surface area contributed by atoms with Gasteiger partial charge in [0, 0.05) is 46.4 Å². The SMILES string of the molecule is CN(CC1CCOCC1)C(=NCC1CCCCO1)NCCc1ccco1. The summed E-state index contributed by atoms with van der Waals surface area (Å²) >= 11 is 0. The van der Waals surface area contributed by atoms with Gasteiger partial charge in [0.1, 0.15) is 5.76 Å². The lowest BCUT2D eigenvalue weighted by atomic mass is 10.00. The van der Waals surface area contributed by atoms with Crippen molar-refractivity contribution >= 4 is 5.96 Å². The van der Waals surface area contributed by atoms with E-state index in [1.54, 1.807) is 6.26 Å². The fourth-order valence-corrected chi connectivity index (χ4v) is 3.61. The molecule has 0 saturated carbocycles. The summed E-state index contributed by atoms with van der Waals surface area (Å²) in [6.45, 7) is 5.21. The number of rotatable bonds is 7. The quantitative estimate of drug-likeness (QED) is 0.596. The van der Waals surface area contributed by atoms with Crippen LogP contribution in [-0.4, -0.2) is 63.5 Å². The first kappa shape index (κ1) is 19.2. The zero-order valence-electron chi connectivity index (χ0n) is 16.0. The van der Waals surface area contributed by atoms with Gasteiger partial charge < -0.3 is 24.1 Å². The highest BCUT2D eigenvalue weighted by molar-refractivity contribution is 5.79. The Morgan fingerprint density at radius 1 is 1.23 bits per heavy atom. The van der Waals surface area contributed by atoms with Gasteiger partial charge in [0.25, 0.3) is 0 Å². The Hall–Kier alpha value is -1.53. The molecule has 2 aliphatic heterocycles. The summed E-state index contributed by atoms with van der Waals surface area (Å²) < 4.78 is 16.7. The lowest BCUT2D eigenvalue weighted by Gasteiger charge is -2.30. The minimum absolute atomic E-state index is 0.266. The van der Waals surface area contributed by atoms with Crippen LogP contribution in [0.15, 0.2) is 27.8 Å². The van der Waals surface area contributed by atoms with E-state index in [2.05, 4.69) is 17.3 Å². The minimum Gasteiger partial charge on any atom is -0.469 e. The maximum absolute atomic E-state index is 5.84. The van der Waals surface area contributed by atoms with E-state index >= 15 is 0 Å². The number of ether oxygens (including phenoxy) is 2. The molecule has 1 aromatic heterocycles. The molecule has 0 aliphatic carbocycles. The molecule has 2 fully saturated rings. The largest absolute Gasteiger partial charge is 0.469 e. The summed E-state index contributed by atoms with van der Waals surface area (Å²) in [4.78, 5) is 7.14. The molecule has 0 amide bonds. The topological polar surface area (TPSA) is 59.2 Å². The highest BCUT2D eigenvalue weighted by Gasteiger charge is 2.19. The lowest BCUT2D eigenvalue weighted by molar-refractivity contribution is 0.0223. The van der Waals surface area contributed by atoms with Gasteiger partial charge >= 0.3 is 0 Å². The van der Waals surface area contributed by atoms with Crippen LogP contribution in [0.4, 0.5) is 0 Å². The number of guanidine groups is 1. The minimum atomic E-state index is 0.266. The smallest absolute Gasteiger partial charge is 0.193 e. The standard InChI is InChI=1S/C20H33N3O3/c1-23(16-17-8-13-24-14-9-17)20(21-10-7-18-6-4-12-25-18)22-15-19-5-2-3-11-26-19/h4,6,12,17,19H,2-3,5,7-11,13-16H2,1H3,(H,21,22). The van der Waals surface area contributed by atoms with Crippen LogP contribution in [0.1, 0.15) is 37.9 Å². The second kappa shape index (κ2) is 10.6. The third-order valence-electron chi connectivity index (χ3n) is 5.19. The van der Waals surface area contributed by atoms with Gasteiger partial charge in [-0.1, -0.05) is 0 Å². The van der Waals surface area contributed by atoms with Crippen molar-refractivity contribution in [1.82, 2.24) is 10.2 Å². The van der Waals surface area contributed by atoms with Crippen LogP contribution in [0.25, 0.3) is 0 Å². The molecule has 1 aromatic rings. The second-order valence-corrected chi connectivity index (χ2v) is 7.35. The highest BCUT2D eigenvalue weighted by Crippen LogP contribution is 2.16. The first-order valence-corrected chi connectivity index (χ1v) is 10.0. The molecule has 1 atom stereocenters. The molecule has 26 heavy (non-hydrogen) atoms. The van der Waals surface area contributed by atoms with E-state index in [-0.39, 0.29) is 6.10 Å². The third kappa shape index (κ3) is 6.32. The number of furan rings is 1. The number of nitrogens with one attached hydrogen (secondary N) is 1. The molecule has 1 N–H and O–H groups in total. The van der Waals surface area contributed by atoms with Crippen LogP contribution in [0.2, 0.25) is 0 Å². The van der Waals surface area contributed by atoms with Gasteiger partial charge in [0.15, 0.2) is 5.96 Å². The summed E-state index contributed by atoms with van der Waals surface area (Å²) in [7, 11) is 2.13. The van der Waals surface area contributed by atoms with Gasteiger partial charge in [-0.25, -0.2) is 0 Å². The van der Waals surface area contributed by atoms with Crippen molar-refractivity contribution in [2.75, 3.05) is 46.5 Å². The second-order valence-electron chi connectivity index (χ2n) is 7.35. The monoisotopic (exact) mass is 363 g/mol. The molecule has 0 radical (unpaired) electrons. The maximum Gasteiger partial charge on any atom is 0.193 e. The predicted octanol–water partition coefficient (Wildman–Crippen LogP) is 2.70. The normalized spacial score (nSPS) is 22.3. The van der Waals surface area contributed by atoms with Gasteiger partial charge in [-0.15, -0.1) is 0 Å². The molecule has 3 heterocycles. The van der Waals surface area contributed by atoms with E-state index in [4.69, 9.17) is 18.9 Å². The van der Waals surface area contributed by atoms with Gasteiger partial charge in [0.2, 0.25) is 0 Å². The fourth-order valence-electron chi connectivity index (χ4n) is 3.61. The van der Waals surface area contributed by atoms with E-state index < -0.39 is 0 Å². The van der Waals surface area contributed by atoms with Crippen LogP contribution < -0.4 is 5.32 Å². The first-order chi connectivity index (χ1) is 12.8. The van der Waals surface area contributed by atoms with E-state index in [9.17, 15) is 0 Å². The third-order valence-corrected chi connectivity index (χ3v) is 5.19. The molecule has 0 aromatic carbocycles. The van der Waals surface area contributed by atoms with Crippen LogP contribution in [0, 0.1) is 5.92 Å². The molecular formula is C20H33N3O3. The predicted molar refractivity (Wildman–Crippen MR) is 102 cm³/mol. The molecule has 0 spiro atoms. The van der Waals surface area contributed by atoms with Crippen molar-refractivity contribution in [3.63, 3.8) is 0 Å². The highest BCUT2D eigenvalue weighted by atomic mass is 16.5. The van der Waals surface area contributed by atoms with Crippen molar-refractivity contribution in [2.24, 2.45) is 10.9 Å². The molecule has 2 aliphatic rings. The first-order valence-electron chi connectivity index (χ1n) is 10.0. The van der Waals surface area contributed by atoms with Crippen LogP contribution >= 0.6 is 0 Å². The van der Waals surface area contributed by atoms with Gasteiger partial charge in [0.05, 0.1) is 18.9 Å². The summed E-state index contributed by atoms with van der Waals surface area (Å²) in [5.74, 6) is 2.65. The average Bonchev–Trinajstić information content (AvgIpc) is 3.19. The summed E-state index contributed by atoms with van der Waals surface area (Å²) in [5, 5.41) is 3.52. The molecule has 1 unspecified atom stereocenters. The Labute approximate surface area is 156 Å². The van der Waals surface area contributed by atoms with Crippen molar-refractivity contribution in [3.05, 3.63) is 24.2 Å². The van der Waals surface area contributed by atoms with E-state index in [0.29, 0.717) is 5.92 Å². The molecule has 3 rings (SSSR count). The van der Waals surface area contributed by atoms with Crippen molar-refractivity contribution < 1.29 is 13.9 Å². The van der Waals surface area contributed by atoms with Crippen molar-refractivity contribution in [1.29, 1.82) is 0 Å². The number of nitrogens with zero attached hydrogens (tertiary/aromatic N) is 2. The average molecular weight is 364 g/mol. The van der Waals surface area contributed by atoms with E-state index in [0.717, 1.165) is 76.9 Å². The van der Waals surface area contributed by atoms with Crippen LogP contribution in [0.3, 0.4) is 0 Å². The van der Waals surface area contributed by atoms with Crippen LogP contribution in [-0.2, 0) is 15.9 Å². The summed E-state index contributed by atoms with van der Waals surface area (Å²) in [6.07, 6.45) is 8.66. The molecular weight excluding hydrogens is 330 g/mol. The van der Waals surface area contributed by atoms with E-state index in [1.807, 2.05) is 12.1 Å². The van der Waals surface area contributed by atoms with Crippen molar-refractivity contribution in [3.8, 4) is 0 Å². The Balaban J connectivity index is 1.53. The molecule has 6 heteroatoms. The van der Waals surface area contributed by atoms with Crippen LogP contribution in [0.5, 0.6) is 0 Å². The Morgan fingerprint density at radius 2 is 2.12 bits per heavy atom. The fraction of sp³-hybridized carbons (Fsp3) is 0.750. The lowest BCUT2D eigenvalue weighted by Crippen LogP contribution is -2.43. The van der Waals surface area contributed by atoms with Gasteiger partial charge in [-0.05, 0) is 50.2 Å². The zero-order valence-corrected chi connectivity index (χ0v) is 16.0. The van der Waals surface area contributed by atoms with E-state index in [1.165, 1.54) is 12.8 Å². The van der Waals surface area contributed by atoms with Gasteiger partial charge in [-0.2, -0.15) is 0 Å². The molecule has 146 valence electrons.